The molecular weight excluding hydrogens is 323 g/mol. The second-order valence-electron chi connectivity index (χ2n) is 6.11. The van der Waals surface area contributed by atoms with Crippen molar-refractivity contribution in [3.05, 3.63) is 48.0 Å². The van der Waals surface area contributed by atoms with Gasteiger partial charge in [0.2, 0.25) is 5.91 Å². The molecule has 1 aliphatic heterocycles. The van der Waals surface area contributed by atoms with Crippen LogP contribution in [0.15, 0.2) is 36.7 Å². The van der Waals surface area contributed by atoms with Crippen molar-refractivity contribution in [2.75, 3.05) is 31.1 Å². The fraction of sp³-hybridized carbons (Fsp3) is 0.389. The minimum absolute atomic E-state index is 0.0857. The SMILES string of the molecule is CC(=O)c1ccc(N2CCN(C(=O)CCn3cccn3)CC2)c(F)c1. The van der Waals surface area contributed by atoms with Crippen molar-refractivity contribution in [1.82, 2.24) is 14.7 Å². The van der Waals surface area contributed by atoms with Crippen molar-refractivity contribution in [3.8, 4) is 0 Å². The third-order valence-electron chi connectivity index (χ3n) is 4.44. The lowest BCUT2D eigenvalue weighted by Gasteiger charge is -2.36. The topological polar surface area (TPSA) is 58.4 Å². The number of rotatable bonds is 5. The second-order valence-corrected chi connectivity index (χ2v) is 6.11. The lowest BCUT2D eigenvalue weighted by molar-refractivity contribution is -0.131. The Kier molecular flexibility index (Phi) is 5.11. The number of carbonyl (C=O) groups excluding carboxylic acids is 2. The van der Waals surface area contributed by atoms with Crippen LogP contribution in [0, 0.1) is 5.82 Å². The van der Waals surface area contributed by atoms with Crippen LogP contribution >= 0.6 is 0 Å². The van der Waals surface area contributed by atoms with Gasteiger partial charge in [0.15, 0.2) is 5.78 Å². The number of piperazine rings is 1. The molecule has 1 amide bonds. The van der Waals surface area contributed by atoms with Crippen LogP contribution in [0.3, 0.4) is 0 Å². The van der Waals surface area contributed by atoms with E-state index in [0.29, 0.717) is 50.4 Å². The number of amides is 1. The van der Waals surface area contributed by atoms with Crippen molar-refractivity contribution >= 4 is 17.4 Å². The average molecular weight is 344 g/mol. The third-order valence-corrected chi connectivity index (χ3v) is 4.44. The highest BCUT2D eigenvalue weighted by Gasteiger charge is 2.23. The van der Waals surface area contributed by atoms with E-state index in [1.807, 2.05) is 22.1 Å². The quantitative estimate of drug-likeness (QED) is 0.778. The zero-order chi connectivity index (χ0) is 17.8. The number of anilines is 1. The summed E-state index contributed by atoms with van der Waals surface area (Å²) in [4.78, 5) is 27.3. The summed E-state index contributed by atoms with van der Waals surface area (Å²) in [5, 5.41) is 4.09. The molecular formula is C18H21FN4O2. The largest absolute Gasteiger partial charge is 0.366 e. The second kappa shape index (κ2) is 7.46. The molecule has 0 bridgehead atoms. The average Bonchev–Trinajstić information content (AvgIpc) is 3.13. The summed E-state index contributed by atoms with van der Waals surface area (Å²) < 4.78 is 16.0. The number of halogens is 1. The fourth-order valence-corrected chi connectivity index (χ4v) is 2.98. The molecule has 0 N–H and O–H groups in total. The van der Waals surface area contributed by atoms with Gasteiger partial charge in [-0.05, 0) is 31.2 Å². The predicted octanol–water partition coefficient (Wildman–Crippen LogP) is 1.96. The van der Waals surface area contributed by atoms with E-state index in [-0.39, 0.29) is 11.7 Å². The maximum absolute atomic E-state index is 14.2. The lowest BCUT2D eigenvalue weighted by atomic mass is 10.1. The molecule has 6 nitrogen and oxygen atoms in total. The van der Waals surface area contributed by atoms with Gasteiger partial charge in [-0.3, -0.25) is 14.3 Å². The first-order valence-corrected chi connectivity index (χ1v) is 8.35. The monoisotopic (exact) mass is 344 g/mol. The number of carbonyl (C=O) groups is 2. The van der Waals surface area contributed by atoms with E-state index in [4.69, 9.17) is 0 Å². The number of benzene rings is 1. The van der Waals surface area contributed by atoms with Gasteiger partial charge in [0.1, 0.15) is 5.82 Å². The van der Waals surface area contributed by atoms with E-state index in [2.05, 4.69) is 5.10 Å². The molecule has 132 valence electrons. The number of hydrogen-bond donors (Lipinski definition) is 0. The molecule has 1 fully saturated rings. The minimum atomic E-state index is -0.397. The van der Waals surface area contributed by atoms with E-state index in [1.54, 1.807) is 23.0 Å². The molecule has 0 atom stereocenters. The Bertz CT molecular complexity index is 752. The van der Waals surface area contributed by atoms with E-state index in [9.17, 15) is 14.0 Å². The first-order chi connectivity index (χ1) is 12.0. The zero-order valence-electron chi connectivity index (χ0n) is 14.2. The molecule has 1 saturated heterocycles. The van der Waals surface area contributed by atoms with Crippen LogP contribution in [0.1, 0.15) is 23.7 Å². The number of hydrogen-bond acceptors (Lipinski definition) is 4. The minimum Gasteiger partial charge on any atom is -0.366 e. The molecule has 3 rings (SSSR count). The summed E-state index contributed by atoms with van der Waals surface area (Å²) in [6.07, 6.45) is 3.93. The van der Waals surface area contributed by atoms with Crippen LogP contribution in [-0.2, 0) is 11.3 Å². The smallest absolute Gasteiger partial charge is 0.224 e. The molecule has 1 aliphatic rings. The molecule has 1 aromatic carbocycles. The van der Waals surface area contributed by atoms with Crippen molar-refractivity contribution in [2.45, 2.75) is 19.9 Å². The van der Waals surface area contributed by atoms with Gasteiger partial charge in [-0.25, -0.2) is 4.39 Å². The Morgan fingerprint density at radius 1 is 1.20 bits per heavy atom. The van der Waals surface area contributed by atoms with Gasteiger partial charge in [0, 0.05) is 57.1 Å². The summed E-state index contributed by atoms with van der Waals surface area (Å²) in [7, 11) is 0. The summed E-state index contributed by atoms with van der Waals surface area (Å²) in [5.41, 5.74) is 0.849. The van der Waals surface area contributed by atoms with Gasteiger partial charge in [-0.2, -0.15) is 5.10 Å². The van der Waals surface area contributed by atoms with E-state index >= 15 is 0 Å². The lowest BCUT2D eigenvalue weighted by Crippen LogP contribution is -2.49. The number of ketones is 1. The van der Waals surface area contributed by atoms with E-state index in [1.165, 1.54) is 13.0 Å². The van der Waals surface area contributed by atoms with Crippen LogP contribution in [0.25, 0.3) is 0 Å². The fourth-order valence-electron chi connectivity index (χ4n) is 2.98. The molecule has 2 heterocycles. The predicted molar refractivity (Wildman–Crippen MR) is 92.0 cm³/mol. The first kappa shape index (κ1) is 17.1. The van der Waals surface area contributed by atoms with Crippen molar-refractivity contribution in [2.24, 2.45) is 0 Å². The van der Waals surface area contributed by atoms with Gasteiger partial charge >= 0.3 is 0 Å². The maximum atomic E-state index is 14.2. The van der Waals surface area contributed by atoms with Crippen LogP contribution in [0.5, 0.6) is 0 Å². The zero-order valence-corrected chi connectivity index (χ0v) is 14.2. The van der Waals surface area contributed by atoms with Crippen LogP contribution in [0.4, 0.5) is 10.1 Å². The summed E-state index contributed by atoms with van der Waals surface area (Å²) in [6, 6.07) is 6.39. The van der Waals surface area contributed by atoms with Crippen LogP contribution < -0.4 is 4.90 Å². The number of aryl methyl sites for hydroxylation is 1. The van der Waals surface area contributed by atoms with Gasteiger partial charge in [0.05, 0.1) is 5.69 Å². The molecule has 0 saturated carbocycles. The number of nitrogens with zero attached hydrogens (tertiary/aromatic N) is 4. The van der Waals surface area contributed by atoms with Crippen LogP contribution in [0.2, 0.25) is 0 Å². The molecule has 7 heteroatoms. The molecule has 1 aromatic heterocycles. The molecule has 0 unspecified atom stereocenters. The third kappa shape index (κ3) is 4.04. The molecule has 0 spiro atoms. The van der Waals surface area contributed by atoms with Crippen LogP contribution in [-0.4, -0.2) is 52.5 Å². The van der Waals surface area contributed by atoms with Gasteiger partial charge in [-0.1, -0.05) is 0 Å². The first-order valence-electron chi connectivity index (χ1n) is 8.35. The summed E-state index contributed by atoms with van der Waals surface area (Å²) in [5.74, 6) is -0.466. The van der Waals surface area contributed by atoms with Crippen molar-refractivity contribution < 1.29 is 14.0 Å². The standard InChI is InChI=1S/C18H21FN4O2/c1-14(24)15-3-4-17(16(19)13-15)21-9-11-22(12-10-21)18(25)5-8-23-7-2-6-20-23/h2-4,6-7,13H,5,8-12H2,1H3. The number of Topliss-reactive ketones (excluding diaryl/α,β-unsaturated/α-hetero) is 1. The van der Waals surface area contributed by atoms with Gasteiger partial charge < -0.3 is 9.80 Å². The summed E-state index contributed by atoms with van der Waals surface area (Å²) in [6.45, 7) is 4.25. The Labute approximate surface area is 145 Å². The van der Waals surface area contributed by atoms with E-state index < -0.39 is 5.82 Å². The highest BCUT2D eigenvalue weighted by atomic mass is 19.1. The molecule has 2 aromatic rings. The molecule has 0 aliphatic carbocycles. The maximum Gasteiger partial charge on any atom is 0.224 e. The normalized spacial score (nSPS) is 14.6. The Morgan fingerprint density at radius 3 is 2.56 bits per heavy atom. The summed E-state index contributed by atoms with van der Waals surface area (Å²) >= 11 is 0. The van der Waals surface area contributed by atoms with E-state index in [0.717, 1.165) is 0 Å². The highest BCUT2D eigenvalue weighted by molar-refractivity contribution is 5.94. The highest BCUT2D eigenvalue weighted by Crippen LogP contribution is 2.22. The molecule has 0 radical (unpaired) electrons. The Balaban J connectivity index is 1.54. The van der Waals surface area contributed by atoms with Gasteiger partial charge in [0.25, 0.3) is 0 Å². The number of aromatic nitrogens is 2. The van der Waals surface area contributed by atoms with Crippen molar-refractivity contribution in [1.29, 1.82) is 0 Å². The molecule has 25 heavy (non-hydrogen) atoms. The Morgan fingerprint density at radius 2 is 1.96 bits per heavy atom. The Hall–Kier alpha value is -2.70. The van der Waals surface area contributed by atoms with Crippen molar-refractivity contribution in [3.63, 3.8) is 0 Å². The van der Waals surface area contributed by atoms with Gasteiger partial charge in [-0.15, -0.1) is 0 Å².